The number of ether oxygens (including phenoxy) is 2. The van der Waals surface area contributed by atoms with Crippen LogP contribution in [0.15, 0.2) is 18.2 Å². The largest absolute Gasteiger partial charge is 0.483 e. The van der Waals surface area contributed by atoms with Gasteiger partial charge in [-0.05, 0) is 33.9 Å². The van der Waals surface area contributed by atoms with Crippen molar-refractivity contribution in [3.8, 4) is 5.75 Å². The first kappa shape index (κ1) is 17.5. The molecule has 0 bridgehead atoms. The molecule has 0 spiro atoms. The Morgan fingerprint density at radius 3 is 2.67 bits per heavy atom. The minimum Gasteiger partial charge on any atom is -0.483 e. The van der Waals surface area contributed by atoms with Gasteiger partial charge in [0.2, 0.25) is 0 Å². The summed E-state index contributed by atoms with van der Waals surface area (Å²) in [6, 6.07) is 6.09. The molecule has 2 atom stereocenters. The number of methoxy groups -OCH3 is 1. The van der Waals surface area contributed by atoms with Crippen LogP contribution < -0.4 is 15.4 Å². The molecule has 0 aliphatic carbocycles. The molecule has 1 amide bonds. The second-order valence-corrected chi connectivity index (χ2v) is 5.26. The van der Waals surface area contributed by atoms with Crippen LogP contribution in [0.1, 0.15) is 31.0 Å². The highest BCUT2D eigenvalue weighted by molar-refractivity contribution is 5.77. The Morgan fingerprint density at radius 2 is 2.05 bits per heavy atom. The summed E-state index contributed by atoms with van der Waals surface area (Å²) in [5, 5.41) is 6.01. The number of aryl methyl sites for hydroxylation is 1. The number of nitrogens with one attached hydrogen (secondary N) is 2. The molecular weight excluding hydrogens is 268 g/mol. The van der Waals surface area contributed by atoms with Crippen molar-refractivity contribution in [1.82, 2.24) is 10.6 Å². The smallest absolute Gasteiger partial charge is 0.258 e. The summed E-state index contributed by atoms with van der Waals surface area (Å²) in [6.07, 6.45) is 0. The van der Waals surface area contributed by atoms with E-state index >= 15 is 0 Å². The van der Waals surface area contributed by atoms with Gasteiger partial charge in [-0.15, -0.1) is 0 Å². The normalized spacial score (nSPS) is 13.6. The maximum atomic E-state index is 11.8. The highest BCUT2D eigenvalue weighted by Gasteiger charge is 2.13. The fraction of sp³-hybridized carbons (Fsp3) is 0.562. The van der Waals surface area contributed by atoms with Gasteiger partial charge in [0.25, 0.3) is 5.91 Å². The Hall–Kier alpha value is -1.59. The van der Waals surface area contributed by atoms with Gasteiger partial charge in [-0.2, -0.15) is 0 Å². The van der Waals surface area contributed by atoms with Crippen molar-refractivity contribution < 1.29 is 14.3 Å². The van der Waals surface area contributed by atoms with E-state index in [1.807, 2.05) is 33.0 Å². The Kier molecular flexibility index (Phi) is 7.19. The van der Waals surface area contributed by atoms with Crippen LogP contribution in [0.25, 0.3) is 0 Å². The summed E-state index contributed by atoms with van der Waals surface area (Å²) in [4.78, 5) is 11.8. The lowest BCUT2D eigenvalue weighted by molar-refractivity contribution is -0.124. The minimum atomic E-state index is -0.150. The molecule has 1 aromatic carbocycles. The molecule has 0 saturated carbocycles. The van der Waals surface area contributed by atoms with Crippen LogP contribution >= 0.6 is 0 Å². The number of hydrogen-bond donors (Lipinski definition) is 2. The third-order valence-corrected chi connectivity index (χ3v) is 3.25. The first-order valence-electron chi connectivity index (χ1n) is 7.16. The quantitative estimate of drug-likeness (QED) is 0.767. The number of hydrogen-bond acceptors (Lipinski definition) is 4. The average molecular weight is 294 g/mol. The van der Waals surface area contributed by atoms with Gasteiger partial charge < -0.3 is 20.1 Å². The van der Waals surface area contributed by atoms with Gasteiger partial charge in [-0.1, -0.05) is 17.7 Å². The third kappa shape index (κ3) is 5.73. The molecule has 1 rings (SSSR count). The molecular formula is C16H26N2O3. The van der Waals surface area contributed by atoms with Gasteiger partial charge in [-0.25, -0.2) is 0 Å². The van der Waals surface area contributed by atoms with Crippen molar-refractivity contribution in [2.45, 2.75) is 32.9 Å². The number of carbonyl (C=O) groups excluding carboxylic acids is 1. The SMILES string of the molecule is CNC(C)c1cc(C)ccc1OCC(=O)NC(C)COC. The molecule has 2 unspecified atom stereocenters. The zero-order chi connectivity index (χ0) is 15.8. The molecule has 5 heteroatoms. The first-order valence-corrected chi connectivity index (χ1v) is 7.16. The summed E-state index contributed by atoms with van der Waals surface area (Å²) in [7, 11) is 3.51. The summed E-state index contributed by atoms with van der Waals surface area (Å²) in [5.41, 5.74) is 2.22. The predicted octanol–water partition coefficient (Wildman–Crippen LogP) is 1.81. The van der Waals surface area contributed by atoms with Crippen LogP contribution in [-0.4, -0.2) is 39.3 Å². The van der Waals surface area contributed by atoms with Gasteiger partial charge >= 0.3 is 0 Å². The predicted molar refractivity (Wildman–Crippen MR) is 83.6 cm³/mol. The number of carbonyl (C=O) groups is 1. The summed E-state index contributed by atoms with van der Waals surface area (Å²) in [6.45, 7) is 6.47. The van der Waals surface area contributed by atoms with Gasteiger partial charge in [0, 0.05) is 24.8 Å². The topological polar surface area (TPSA) is 59.6 Å². The molecule has 21 heavy (non-hydrogen) atoms. The van der Waals surface area contributed by atoms with E-state index in [0.717, 1.165) is 16.9 Å². The van der Waals surface area contributed by atoms with E-state index in [1.54, 1.807) is 7.11 Å². The van der Waals surface area contributed by atoms with E-state index in [1.165, 1.54) is 0 Å². The van der Waals surface area contributed by atoms with Crippen molar-refractivity contribution >= 4 is 5.91 Å². The second-order valence-electron chi connectivity index (χ2n) is 5.26. The minimum absolute atomic E-state index is 0.000545. The number of rotatable bonds is 8. The van der Waals surface area contributed by atoms with E-state index in [2.05, 4.69) is 23.6 Å². The molecule has 0 heterocycles. The zero-order valence-electron chi connectivity index (χ0n) is 13.5. The average Bonchev–Trinajstić information content (AvgIpc) is 2.45. The molecule has 0 aliphatic rings. The van der Waals surface area contributed by atoms with E-state index < -0.39 is 0 Å². The number of amides is 1. The van der Waals surface area contributed by atoms with Crippen molar-refractivity contribution in [1.29, 1.82) is 0 Å². The second kappa shape index (κ2) is 8.64. The van der Waals surface area contributed by atoms with E-state index in [9.17, 15) is 4.79 Å². The lowest BCUT2D eigenvalue weighted by Gasteiger charge is -2.18. The Bertz CT molecular complexity index is 463. The highest BCUT2D eigenvalue weighted by Crippen LogP contribution is 2.26. The lowest BCUT2D eigenvalue weighted by atomic mass is 10.0. The van der Waals surface area contributed by atoms with Crippen molar-refractivity contribution in [2.75, 3.05) is 27.4 Å². The zero-order valence-corrected chi connectivity index (χ0v) is 13.5. The van der Waals surface area contributed by atoms with Crippen LogP contribution in [-0.2, 0) is 9.53 Å². The van der Waals surface area contributed by atoms with Crippen LogP contribution in [0.5, 0.6) is 5.75 Å². The highest BCUT2D eigenvalue weighted by atomic mass is 16.5. The maximum absolute atomic E-state index is 11.8. The molecule has 0 fully saturated rings. The first-order chi connectivity index (χ1) is 9.97. The van der Waals surface area contributed by atoms with Gasteiger partial charge in [0.15, 0.2) is 6.61 Å². The van der Waals surface area contributed by atoms with E-state index in [4.69, 9.17) is 9.47 Å². The molecule has 0 radical (unpaired) electrons. The van der Waals surface area contributed by atoms with Crippen molar-refractivity contribution in [3.63, 3.8) is 0 Å². The van der Waals surface area contributed by atoms with Crippen molar-refractivity contribution in [2.24, 2.45) is 0 Å². The third-order valence-electron chi connectivity index (χ3n) is 3.25. The Balaban J connectivity index is 2.64. The molecule has 2 N–H and O–H groups in total. The lowest BCUT2D eigenvalue weighted by Crippen LogP contribution is -2.38. The Labute approximate surface area is 127 Å². The monoisotopic (exact) mass is 294 g/mol. The molecule has 5 nitrogen and oxygen atoms in total. The standard InChI is InChI=1S/C16H26N2O3/c1-11-6-7-15(14(8-11)13(3)17-4)21-10-16(19)18-12(2)9-20-5/h6-8,12-13,17H,9-10H2,1-5H3,(H,18,19). The molecule has 118 valence electrons. The Morgan fingerprint density at radius 1 is 1.33 bits per heavy atom. The molecule has 1 aromatic rings. The van der Waals surface area contributed by atoms with Crippen LogP contribution in [0, 0.1) is 6.92 Å². The van der Waals surface area contributed by atoms with Crippen molar-refractivity contribution in [3.05, 3.63) is 29.3 Å². The van der Waals surface area contributed by atoms with E-state index in [-0.39, 0.29) is 24.6 Å². The van der Waals surface area contributed by atoms with Crippen LogP contribution in [0.4, 0.5) is 0 Å². The van der Waals surface area contributed by atoms with Crippen LogP contribution in [0.3, 0.4) is 0 Å². The van der Waals surface area contributed by atoms with Gasteiger partial charge in [-0.3, -0.25) is 4.79 Å². The maximum Gasteiger partial charge on any atom is 0.258 e. The molecule has 0 aliphatic heterocycles. The van der Waals surface area contributed by atoms with Crippen LogP contribution in [0.2, 0.25) is 0 Å². The van der Waals surface area contributed by atoms with Gasteiger partial charge in [0.05, 0.1) is 6.61 Å². The fourth-order valence-electron chi connectivity index (χ4n) is 2.04. The summed E-state index contributed by atoms with van der Waals surface area (Å²) in [5.74, 6) is 0.584. The van der Waals surface area contributed by atoms with E-state index in [0.29, 0.717) is 6.61 Å². The molecule has 0 saturated heterocycles. The fourth-order valence-corrected chi connectivity index (χ4v) is 2.04. The summed E-state index contributed by atoms with van der Waals surface area (Å²) >= 11 is 0. The molecule has 0 aromatic heterocycles. The number of benzene rings is 1. The van der Waals surface area contributed by atoms with Gasteiger partial charge in [0.1, 0.15) is 5.75 Å². The summed E-state index contributed by atoms with van der Waals surface area (Å²) < 4.78 is 10.6.